The number of fused-ring (bicyclic) bond motifs is 1. The number of thiazole rings is 1. The van der Waals surface area contributed by atoms with Crippen molar-refractivity contribution in [2.75, 3.05) is 12.0 Å². The molecule has 37 heavy (non-hydrogen) atoms. The van der Waals surface area contributed by atoms with Crippen LogP contribution < -0.4 is 9.64 Å². The summed E-state index contributed by atoms with van der Waals surface area (Å²) in [5, 5.41) is 22.3. The maximum Gasteiger partial charge on any atom is 0.296 e. The van der Waals surface area contributed by atoms with Crippen molar-refractivity contribution in [3.63, 3.8) is 0 Å². The maximum atomic E-state index is 13.3. The third kappa shape index (κ3) is 4.45. The lowest BCUT2D eigenvalue weighted by atomic mass is 9.95. The molecule has 1 aromatic heterocycles. The minimum atomic E-state index is -1.04. The van der Waals surface area contributed by atoms with Crippen molar-refractivity contribution in [1.82, 2.24) is 4.98 Å². The van der Waals surface area contributed by atoms with Crippen molar-refractivity contribution in [3.8, 4) is 5.75 Å². The lowest BCUT2D eigenvalue weighted by Crippen LogP contribution is -2.30. The number of amides is 1. The van der Waals surface area contributed by atoms with E-state index in [9.17, 15) is 24.8 Å². The molecule has 9 nitrogen and oxygen atoms in total. The number of allylic oxidation sites excluding steroid dienone is 1. The Morgan fingerprint density at radius 1 is 1.14 bits per heavy atom. The normalized spacial score (nSPS) is 15.6. The van der Waals surface area contributed by atoms with Crippen LogP contribution in [0.2, 0.25) is 0 Å². The molecule has 3 aromatic carbocycles. The fourth-order valence-corrected chi connectivity index (χ4v) is 5.12. The number of hydrogen-bond donors (Lipinski definition) is 1. The zero-order chi connectivity index (χ0) is 26.1. The zero-order valence-electron chi connectivity index (χ0n) is 19.4. The van der Waals surface area contributed by atoms with Crippen molar-refractivity contribution in [3.05, 3.63) is 111 Å². The van der Waals surface area contributed by atoms with Crippen LogP contribution >= 0.6 is 11.3 Å². The van der Waals surface area contributed by atoms with E-state index in [2.05, 4.69) is 4.98 Å². The van der Waals surface area contributed by atoms with Gasteiger partial charge in [-0.2, -0.15) is 0 Å². The number of rotatable bonds is 7. The van der Waals surface area contributed by atoms with E-state index in [0.29, 0.717) is 16.8 Å². The Morgan fingerprint density at radius 2 is 1.86 bits per heavy atom. The predicted octanol–water partition coefficient (Wildman–Crippen LogP) is 5.40. The molecule has 0 aliphatic carbocycles. The Hall–Kier alpha value is -4.83. The summed E-state index contributed by atoms with van der Waals surface area (Å²) in [5.41, 5.74) is 1.51. The number of ketones is 1. The van der Waals surface area contributed by atoms with Crippen LogP contribution in [0.25, 0.3) is 16.3 Å². The Bertz CT molecular complexity index is 1590. The minimum Gasteiger partial charge on any atom is -0.503 e. The number of hydrogen-bond acceptors (Lipinski definition) is 8. The number of aliphatic hydroxyl groups excluding tert-OH is 1. The first-order chi connectivity index (χ1) is 17.9. The van der Waals surface area contributed by atoms with Crippen molar-refractivity contribution in [2.24, 2.45) is 0 Å². The number of anilines is 1. The summed E-state index contributed by atoms with van der Waals surface area (Å²) in [6.07, 6.45) is 2.88. The van der Waals surface area contributed by atoms with E-state index in [4.69, 9.17) is 4.74 Å². The van der Waals surface area contributed by atoms with Gasteiger partial charge in [-0.1, -0.05) is 47.7 Å². The van der Waals surface area contributed by atoms with E-state index in [1.54, 1.807) is 31.4 Å². The molecule has 1 aliphatic heterocycles. The van der Waals surface area contributed by atoms with Gasteiger partial charge >= 0.3 is 0 Å². The number of ether oxygens (including phenoxy) is 1. The number of carbonyl (C=O) groups excluding carboxylic acids is 2. The van der Waals surface area contributed by atoms with Gasteiger partial charge in [0.25, 0.3) is 11.6 Å². The van der Waals surface area contributed by atoms with Crippen molar-refractivity contribution in [2.45, 2.75) is 6.04 Å². The van der Waals surface area contributed by atoms with Crippen LogP contribution in [0, 0.1) is 10.1 Å². The van der Waals surface area contributed by atoms with E-state index in [1.807, 2.05) is 30.3 Å². The average Bonchev–Trinajstić information content (AvgIpc) is 3.45. The van der Waals surface area contributed by atoms with Crippen molar-refractivity contribution < 1.29 is 24.4 Å². The largest absolute Gasteiger partial charge is 0.503 e. The highest BCUT2D eigenvalue weighted by molar-refractivity contribution is 7.22. The number of carbonyl (C=O) groups is 2. The standard InChI is InChI=1S/C27H19N3O6S/c1-36-19-12-13-20-22(15-19)37-27(28-20)29-24(17-8-10-18(11-9-17)30(34)35)23(25(32)26(29)33)21(31)14-7-16-5-3-2-4-6-16/h2-15,24,32H,1H3/b14-7+. The van der Waals surface area contributed by atoms with Crippen LogP contribution in [0.3, 0.4) is 0 Å². The summed E-state index contributed by atoms with van der Waals surface area (Å²) in [5.74, 6) is -1.43. The molecule has 1 unspecified atom stereocenters. The minimum absolute atomic E-state index is 0.136. The van der Waals surface area contributed by atoms with Gasteiger partial charge in [-0.3, -0.25) is 24.6 Å². The van der Waals surface area contributed by atoms with Gasteiger partial charge in [0.05, 0.1) is 33.9 Å². The summed E-state index contributed by atoms with van der Waals surface area (Å²) >= 11 is 1.20. The van der Waals surface area contributed by atoms with Gasteiger partial charge in [0.1, 0.15) is 5.75 Å². The fourth-order valence-electron chi connectivity index (χ4n) is 4.10. The summed E-state index contributed by atoms with van der Waals surface area (Å²) < 4.78 is 6.01. The molecule has 0 fully saturated rings. The highest BCUT2D eigenvalue weighted by atomic mass is 32.1. The van der Waals surface area contributed by atoms with Gasteiger partial charge < -0.3 is 9.84 Å². The summed E-state index contributed by atoms with van der Waals surface area (Å²) in [6, 6.07) is 18.9. The molecule has 1 amide bonds. The van der Waals surface area contributed by atoms with Crippen molar-refractivity contribution in [1.29, 1.82) is 0 Å². The van der Waals surface area contributed by atoms with Gasteiger partial charge in [0, 0.05) is 12.1 Å². The van der Waals surface area contributed by atoms with Crippen LogP contribution in [-0.2, 0) is 9.59 Å². The number of nitro groups is 1. The zero-order valence-corrected chi connectivity index (χ0v) is 20.2. The van der Waals surface area contributed by atoms with E-state index in [1.165, 1.54) is 46.6 Å². The van der Waals surface area contributed by atoms with Gasteiger partial charge in [-0.05, 0) is 47.5 Å². The first kappa shape index (κ1) is 23.9. The maximum absolute atomic E-state index is 13.3. The third-order valence-electron chi connectivity index (χ3n) is 5.91. The molecule has 0 spiro atoms. The molecular formula is C27H19N3O6S. The molecule has 0 bridgehead atoms. The smallest absolute Gasteiger partial charge is 0.296 e. The average molecular weight is 514 g/mol. The lowest BCUT2D eigenvalue weighted by molar-refractivity contribution is -0.384. The quantitative estimate of drug-likeness (QED) is 0.199. The number of nitrogens with zero attached hydrogens (tertiary/aromatic N) is 3. The van der Waals surface area contributed by atoms with E-state index >= 15 is 0 Å². The Kier molecular flexibility index (Phi) is 6.24. The molecule has 184 valence electrons. The number of non-ortho nitro benzene ring substituents is 1. The molecule has 1 aliphatic rings. The number of benzene rings is 3. The number of aliphatic hydroxyl groups is 1. The molecular weight excluding hydrogens is 494 g/mol. The monoisotopic (exact) mass is 513 g/mol. The van der Waals surface area contributed by atoms with Gasteiger partial charge in [0.15, 0.2) is 16.7 Å². The van der Waals surface area contributed by atoms with Gasteiger partial charge in [-0.25, -0.2) is 4.98 Å². The molecule has 0 radical (unpaired) electrons. The third-order valence-corrected chi connectivity index (χ3v) is 6.93. The summed E-state index contributed by atoms with van der Waals surface area (Å²) in [7, 11) is 1.54. The number of methoxy groups -OCH3 is 1. The van der Waals surface area contributed by atoms with E-state index in [-0.39, 0.29) is 16.4 Å². The molecule has 1 atom stereocenters. The summed E-state index contributed by atoms with van der Waals surface area (Å²) in [4.78, 5) is 43.1. The predicted molar refractivity (Wildman–Crippen MR) is 140 cm³/mol. The number of aromatic nitrogens is 1. The lowest BCUT2D eigenvalue weighted by Gasteiger charge is -2.24. The molecule has 1 N–H and O–H groups in total. The second kappa shape index (κ2) is 9.67. The van der Waals surface area contributed by atoms with Gasteiger partial charge in [0.2, 0.25) is 0 Å². The van der Waals surface area contributed by atoms with Crippen LogP contribution in [0.1, 0.15) is 17.2 Å². The second-order valence-corrected chi connectivity index (χ2v) is 9.14. The van der Waals surface area contributed by atoms with Crippen LogP contribution in [0.15, 0.2) is 90.2 Å². The first-order valence-electron chi connectivity index (χ1n) is 11.1. The van der Waals surface area contributed by atoms with Crippen LogP contribution in [-0.4, -0.2) is 33.8 Å². The Labute approximate surface area is 214 Å². The highest BCUT2D eigenvalue weighted by Gasteiger charge is 2.45. The van der Waals surface area contributed by atoms with E-state index in [0.717, 1.165) is 10.3 Å². The molecule has 5 rings (SSSR count). The topological polar surface area (TPSA) is 123 Å². The van der Waals surface area contributed by atoms with Crippen LogP contribution in [0.5, 0.6) is 5.75 Å². The SMILES string of the molecule is COc1ccc2nc(N3C(=O)C(O)=C(C(=O)/C=C/c4ccccc4)C3c3ccc([N+](=O)[O-])cc3)sc2c1. The molecule has 10 heteroatoms. The van der Waals surface area contributed by atoms with Gasteiger partial charge in [-0.15, -0.1) is 0 Å². The first-order valence-corrected chi connectivity index (χ1v) is 11.9. The molecule has 4 aromatic rings. The molecule has 0 saturated heterocycles. The molecule has 2 heterocycles. The Morgan fingerprint density at radius 3 is 2.54 bits per heavy atom. The highest BCUT2D eigenvalue weighted by Crippen LogP contribution is 2.44. The molecule has 0 saturated carbocycles. The fraction of sp³-hybridized carbons (Fsp3) is 0.0741. The number of nitro benzene ring substituents is 1. The summed E-state index contributed by atoms with van der Waals surface area (Å²) in [6.45, 7) is 0. The van der Waals surface area contributed by atoms with Crippen molar-refractivity contribution >= 4 is 50.1 Å². The Balaban J connectivity index is 1.60. The van der Waals surface area contributed by atoms with Crippen LogP contribution in [0.4, 0.5) is 10.8 Å². The second-order valence-electron chi connectivity index (χ2n) is 8.13. The van der Waals surface area contributed by atoms with E-state index < -0.39 is 28.4 Å².